The lowest BCUT2D eigenvalue weighted by Crippen LogP contribution is -2.30. The SMILES string of the molecule is CC/C=C\C/C=C\C/C=C\C/C=C\CCCCCCCCC(=O)OC(COC(=O)CCCCCCC/C=C\C/C=C\CCCC)COC(=O)CCCCCCCCCCCCCCCCCCCCCCCCCC. The second-order valence-corrected chi connectivity index (χ2v) is 21.6. The Balaban J connectivity index is 4.32. The normalized spacial score (nSPS) is 12.5. The summed E-state index contributed by atoms with van der Waals surface area (Å²) in [6, 6.07) is 0. The number of hydrogen-bond donors (Lipinski definition) is 0. The summed E-state index contributed by atoms with van der Waals surface area (Å²) in [5.74, 6) is -0.896. The Morgan fingerprint density at radius 1 is 0.280 bits per heavy atom. The zero-order valence-electron chi connectivity index (χ0n) is 49.8. The Kier molecular flexibility index (Phi) is 60.7. The molecule has 0 N–H and O–H groups in total. The van der Waals surface area contributed by atoms with Crippen molar-refractivity contribution in [2.45, 2.75) is 335 Å². The minimum Gasteiger partial charge on any atom is -0.462 e. The molecule has 0 aromatic carbocycles. The van der Waals surface area contributed by atoms with Crippen LogP contribution in [0.1, 0.15) is 329 Å². The van der Waals surface area contributed by atoms with E-state index in [4.69, 9.17) is 14.2 Å². The average Bonchev–Trinajstić information content (AvgIpc) is 3.41. The lowest BCUT2D eigenvalue weighted by molar-refractivity contribution is -0.167. The maximum atomic E-state index is 12.9. The van der Waals surface area contributed by atoms with Gasteiger partial charge in [0.2, 0.25) is 0 Å². The molecule has 0 saturated heterocycles. The molecule has 0 aromatic heterocycles. The zero-order valence-corrected chi connectivity index (χ0v) is 49.8. The van der Waals surface area contributed by atoms with Crippen molar-refractivity contribution in [2.24, 2.45) is 0 Å². The van der Waals surface area contributed by atoms with E-state index in [2.05, 4.69) is 93.7 Å². The molecule has 0 heterocycles. The average molecular weight is 1050 g/mol. The minimum absolute atomic E-state index is 0.0832. The van der Waals surface area contributed by atoms with E-state index in [0.717, 1.165) is 116 Å². The third-order valence-corrected chi connectivity index (χ3v) is 14.2. The number of unbranched alkanes of at least 4 members (excludes halogenated alkanes) is 36. The van der Waals surface area contributed by atoms with E-state index in [-0.39, 0.29) is 31.1 Å². The van der Waals surface area contributed by atoms with E-state index in [1.807, 2.05) is 0 Å². The van der Waals surface area contributed by atoms with E-state index in [1.54, 1.807) is 0 Å². The molecule has 0 aliphatic carbocycles. The maximum Gasteiger partial charge on any atom is 0.306 e. The molecule has 0 saturated carbocycles. The predicted octanol–water partition coefficient (Wildman–Crippen LogP) is 22.1. The molecule has 434 valence electrons. The van der Waals surface area contributed by atoms with Gasteiger partial charge in [0.1, 0.15) is 13.2 Å². The van der Waals surface area contributed by atoms with Crippen LogP contribution in [0.25, 0.3) is 0 Å². The summed E-state index contributed by atoms with van der Waals surface area (Å²) >= 11 is 0. The van der Waals surface area contributed by atoms with Gasteiger partial charge in [-0.2, -0.15) is 0 Å². The Labute approximate surface area is 465 Å². The fraction of sp³-hybridized carbons (Fsp3) is 0.783. The summed E-state index contributed by atoms with van der Waals surface area (Å²) in [6.45, 7) is 6.51. The highest BCUT2D eigenvalue weighted by molar-refractivity contribution is 5.71. The van der Waals surface area contributed by atoms with E-state index < -0.39 is 6.10 Å². The van der Waals surface area contributed by atoms with Crippen LogP contribution in [0.3, 0.4) is 0 Å². The number of esters is 3. The first-order valence-corrected chi connectivity index (χ1v) is 32.4. The first-order valence-electron chi connectivity index (χ1n) is 32.4. The number of allylic oxidation sites excluding steroid dienone is 12. The van der Waals surface area contributed by atoms with Crippen molar-refractivity contribution in [3.05, 3.63) is 72.9 Å². The highest BCUT2D eigenvalue weighted by atomic mass is 16.6. The van der Waals surface area contributed by atoms with Crippen molar-refractivity contribution in [3.8, 4) is 0 Å². The molecule has 0 radical (unpaired) electrons. The molecule has 0 amide bonds. The van der Waals surface area contributed by atoms with Crippen LogP contribution in [0.15, 0.2) is 72.9 Å². The largest absolute Gasteiger partial charge is 0.462 e. The summed E-state index contributed by atoms with van der Waals surface area (Å²) < 4.78 is 16.9. The van der Waals surface area contributed by atoms with Crippen molar-refractivity contribution in [2.75, 3.05) is 13.2 Å². The summed E-state index contributed by atoms with van der Waals surface area (Å²) in [7, 11) is 0. The second kappa shape index (κ2) is 63.4. The van der Waals surface area contributed by atoms with E-state index in [1.165, 1.54) is 173 Å². The summed E-state index contributed by atoms with van der Waals surface area (Å²) in [5, 5.41) is 0. The molecule has 75 heavy (non-hydrogen) atoms. The molecule has 0 aliphatic rings. The van der Waals surface area contributed by atoms with Crippen LogP contribution in [-0.4, -0.2) is 37.2 Å². The zero-order chi connectivity index (χ0) is 54.3. The Morgan fingerprint density at radius 2 is 0.533 bits per heavy atom. The van der Waals surface area contributed by atoms with Crippen molar-refractivity contribution in [1.29, 1.82) is 0 Å². The molecule has 1 unspecified atom stereocenters. The third kappa shape index (κ3) is 61.6. The molecule has 0 aromatic rings. The van der Waals surface area contributed by atoms with Crippen molar-refractivity contribution in [3.63, 3.8) is 0 Å². The molecule has 0 bridgehead atoms. The van der Waals surface area contributed by atoms with Gasteiger partial charge in [-0.1, -0.05) is 299 Å². The highest BCUT2D eigenvalue weighted by Crippen LogP contribution is 2.17. The van der Waals surface area contributed by atoms with Gasteiger partial charge in [-0.3, -0.25) is 14.4 Å². The lowest BCUT2D eigenvalue weighted by Gasteiger charge is -2.18. The molecule has 0 spiro atoms. The van der Waals surface area contributed by atoms with Crippen molar-refractivity contribution in [1.82, 2.24) is 0 Å². The van der Waals surface area contributed by atoms with E-state index in [0.29, 0.717) is 19.3 Å². The smallest absolute Gasteiger partial charge is 0.306 e. The number of hydrogen-bond acceptors (Lipinski definition) is 6. The van der Waals surface area contributed by atoms with Crippen molar-refractivity contribution >= 4 is 17.9 Å². The number of carbonyl (C=O) groups is 3. The van der Waals surface area contributed by atoms with Gasteiger partial charge in [-0.15, -0.1) is 0 Å². The summed E-state index contributed by atoms with van der Waals surface area (Å²) in [4.78, 5) is 38.3. The number of ether oxygens (including phenoxy) is 3. The fourth-order valence-corrected chi connectivity index (χ4v) is 9.34. The van der Waals surface area contributed by atoms with Gasteiger partial charge in [0.05, 0.1) is 0 Å². The van der Waals surface area contributed by atoms with Crippen LogP contribution in [0, 0.1) is 0 Å². The monoisotopic (exact) mass is 1050 g/mol. The molecule has 6 nitrogen and oxygen atoms in total. The molecule has 0 rings (SSSR count). The molecule has 0 aliphatic heterocycles. The Hall–Kier alpha value is -3.15. The van der Waals surface area contributed by atoms with Gasteiger partial charge in [-0.25, -0.2) is 0 Å². The van der Waals surface area contributed by atoms with Gasteiger partial charge in [0.15, 0.2) is 6.10 Å². The fourth-order valence-electron chi connectivity index (χ4n) is 9.34. The van der Waals surface area contributed by atoms with Gasteiger partial charge in [0.25, 0.3) is 0 Å². The first kappa shape index (κ1) is 71.8. The predicted molar refractivity (Wildman–Crippen MR) is 325 cm³/mol. The van der Waals surface area contributed by atoms with Crippen molar-refractivity contribution < 1.29 is 28.6 Å². The molecule has 1 atom stereocenters. The van der Waals surface area contributed by atoms with Crippen LogP contribution < -0.4 is 0 Å². The van der Waals surface area contributed by atoms with Gasteiger partial charge >= 0.3 is 17.9 Å². The summed E-state index contributed by atoms with van der Waals surface area (Å²) in [5.41, 5.74) is 0. The van der Waals surface area contributed by atoms with Crippen LogP contribution in [0.2, 0.25) is 0 Å². The maximum absolute atomic E-state index is 12.9. The number of rotatable bonds is 59. The van der Waals surface area contributed by atoms with Gasteiger partial charge in [-0.05, 0) is 83.5 Å². The second-order valence-electron chi connectivity index (χ2n) is 21.6. The molecular formula is C69H122O6. The lowest BCUT2D eigenvalue weighted by atomic mass is 10.0. The molecular weight excluding hydrogens is 925 g/mol. The number of carbonyl (C=O) groups excluding carboxylic acids is 3. The van der Waals surface area contributed by atoms with E-state index >= 15 is 0 Å². The van der Waals surface area contributed by atoms with Crippen LogP contribution >= 0.6 is 0 Å². The first-order chi connectivity index (χ1) is 37.0. The summed E-state index contributed by atoms with van der Waals surface area (Å²) in [6.07, 6.45) is 82.0. The van der Waals surface area contributed by atoms with Gasteiger partial charge < -0.3 is 14.2 Å². The Morgan fingerprint density at radius 3 is 0.853 bits per heavy atom. The Bertz CT molecular complexity index is 1390. The highest BCUT2D eigenvalue weighted by Gasteiger charge is 2.19. The standard InChI is InChI=1S/C69H122O6/c1-4-7-10-13-16-19-22-25-28-30-32-33-34-35-36-38-39-41-44-47-50-53-56-59-62-68(71)74-65-66(64-73-67(70)61-58-55-52-49-46-43-27-24-21-18-15-12-9-6-3)75-69(72)63-60-57-54-51-48-45-42-40-37-31-29-26-23-20-17-14-11-8-5-2/h8,11,15,17-18,20,24,26-27,29,37,40,66H,4-7,9-10,12-14,16,19,21-23,25,28,30-36,38-39,41-65H2,1-3H3/b11-8-,18-15-,20-17-,27-24-,29-26-,40-37-. The van der Waals surface area contributed by atoms with Crippen LogP contribution in [0.4, 0.5) is 0 Å². The third-order valence-electron chi connectivity index (χ3n) is 14.2. The van der Waals surface area contributed by atoms with Crippen LogP contribution in [-0.2, 0) is 28.6 Å². The molecule has 0 fully saturated rings. The van der Waals surface area contributed by atoms with Gasteiger partial charge in [0, 0.05) is 19.3 Å². The minimum atomic E-state index is -0.789. The quantitative estimate of drug-likeness (QED) is 0.0261. The topological polar surface area (TPSA) is 78.9 Å². The molecule has 6 heteroatoms. The van der Waals surface area contributed by atoms with E-state index in [9.17, 15) is 14.4 Å². The van der Waals surface area contributed by atoms with Crippen LogP contribution in [0.5, 0.6) is 0 Å².